The molecule has 2 rings (SSSR count). The van der Waals surface area contributed by atoms with E-state index in [1.807, 2.05) is 0 Å². The summed E-state index contributed by atoms with van der Waals surface area (Å²) in [4.78, 5) is 22.1. The largest absolute Gasteiger partial charge is 0.364 e. The van der Waals surface area contributed by atoms with Crippen LogP contribution in [-0.4, -0.2) is 55.0 Å². The molecule has 0 fully saturated rings. The lowest BCUT2D eigenvalue weighted by atomic mass is 10.1. The number of carbonyl (C=O) groups excluding carboxylic acids is 1. The van der Waals surface area contributed by atoms with Gasteiger partial charge in [-0.2, -0.15) is 15.2 Å². The lowest BCUT2D eigenvalue weighted by Crippen LogP contribution is -2.53. The number of halogens is 4. The fourth-order valence-electron chi connectivity index (χ4n) is 2.05. The van der Waals surface area contributed by atoms with Crippen LogP contribution in [0.5, 0.6) is 0 Å². The van der Waals surface area contributed by atoms with Crippen LogP contribution in [0.3, 0.4) is 0 Å². The van der Waals surface area contributed by atoms with Crippen LogP contribution in [-0.2, 0) is 4.79 Å². The summed E-state index contributed by atoms with van der Waals surface area (Å²) in [6.45, 7) is 1.14. The van der Waals surface area contributed by atoms with Crippen LogP contribution < -0.4 is 0 Å². The minimum absolute atomic E-state index is 0.114. The molecule has 1 N–H and O–H groups in total. The molecule has 0 saturated carbocycles. The molecule has 0 bridgehead atoms. The molecule has 0 unspecified atom stereocenters. The number of hydrazone groups is 1. The van der Waals surface area contributed by atoms with Gasteiger partial charge in [-0.25, -0.2) is 17.6 Å². The number of amides is 1. The van der Waals surface area contributed by atoms with E-state index in [0.717, 1.165) is 24.0 Å². The second-order valence-corrected chi connectivity index (χ2v) is 5.01. The number of carbonyl (C=O) groups is 1. The first kappa shape index (κ1) is 17.8. The molecule has 9 nitrogen and oxygen atoms in total. The van der Waals surface area contributed by atoms with E-state index < -0.39 is 53.3 Å². The van der Waals surface area contributed by atoms with E-state index in [1.54, 1.807) is 0 Å². The topological polar surface area (TPSA) is 114 Å². The van der Waals surface area contributed by atoms with Crippen molar-refractivity contribution in [2.24, 2.45) is 5.10 Å². The van der Waals surface area contributed by atoms with Crippen molar-refractivity contribution in [2.45, 2.75) is 38.0 Å². The average Bonchev–Trinajstić information content (AvgIpc) is 3.11. The highest BCUT2D eigenvalue weighted by molar-refractivity contribution is 5.93. The molecular weight excluding hydrogens is 342 g/mol. The number of hydrogen-bond acceptors (Lipinski definition) is 6. The maximum absolute atomic E-state index is 13.1. The number of rotatable bonds is 5. The van der Waals surface area contributed by atoms with Gasteiger partial charge in [0.1, 0.15) is 24.1 Å². The van der Waals surface area contributed by atoms with Gasteiger partial charge in [0.05, 0.1) is 4.92 Å². The van der Waals surface area contributed by atoms with E-state index in [1.165, 1.54) is 0 Å². The van der Waals surface area contributed by atoms with Gasteiger partial charge >= 0.3 is 5.69 Å². The summed E-state index contributed by atoms with van der Waals surface area (Å²) in [7, 11) is 0. The molecule has 2 atom stereocenters. The van der Waals surface area contributed by atoms with Gasteiger partial charge in [-0.1, -0.05) is 0 Å². The van der Waals surface area contributed by atoms with E-state index in [0.29, 0.717) is 0 Å². The van der Waals surface area contributed by atoms with Crippen LogP contribution in [0.15, 0.2) is 17.5 Å². The van der Waals surface area contributed by atoms with E-state index in [4.69, 9.17) is 0 Å². The number of nitrogens with zero attached hydrogens (tertiary/aromatic N) is 5. The third kappa shape index (κ3) is 2.93. The Labute approximate surface area is 131 Å². The molecule has 1 amide bonds. The number of nitro groups is 1. The summed E-state index contributed by atoms with van der Waals surface area (Å²) < 4.78 is 52.3. The number of alkyl halides is 4. The summed E-state index contributed by atoms with van der Waals surface area (Å²) in [5.74, 6) is -1.27. The highest BCUT2D eigenvalue weighted by Gasteiger charge is 2.54. The van der Waals surface area contributed by atoms with Crippen LogP contribution in [0.4, 0.5) is 23.2 Å². The van der Waals surface area contributed by atoms with Gasteiger partial charge in [0.2, 0.25) is 5.72 Å². The van der Waals surface area contributed by atoms with E-state index in [9.17, 15) is 37.6 Å². The van der Waals surface area contributed by atoms with Crippen LogP contribution in [0, 0.1) is 10.1 Å². The normalized spacial score (nSPS) is 22.2. The summed E-state index contributed by atoms with van der Waals surface area (Å²) in [5.41, 5.74) is -4.74. The smallest absolute Gasteiger partial charge is 0.307 e. The van der Waals surface area contributed by atoms with Gasteiger partial charge in [0.25, 0.3) is 18.8 Å². The van der Waals surface area contributed by atoms with Crippen molar-refractivity contribution in [1.29, 1.82) is 0 Å². The van der Waals surface area contributed by atoms with Crippen molar-refractivity contribution >= 4 is 17.3 Å². The lowest BCUT2D eigenvalue weighted by Gasteiger charge is -2.31. The van der Waals surface area contributed by atoms with E-state index >= 15 is 0 Å². The van der Waals surface area contributed by atoms with E-state index in [2.05, 4.69) is 10.2 Å². The first-order valence-corrected chi connectivity index (χ1v) is 6.46. The van der Waals surface area contributed by atoms with Crippen LogP contribution in [0.25, 0.3) is 0 Å². The molecule has 0 aliphatic carbocycles. The number of aromatic nitrogens is 2. The van der Waals surface area contributed by atoms with Crippen LogP contribution in [0.1, 0.15) is 19.4 Å². The zero-order valence-corrected chi connectivity index (χ0v) is 12.0. The SMILES string of the molecule is C[C@@H](C(=O)N1N=C(C(F)F)C[C@@]1(O)C(F)F)n1cc([N+](=O)[O-])cn1. The Morgan fingerprint density at radius 2 is 2.08 bits per heavy atom. The molecule has 24 heavy (non-hydrogen) atoms. The molecule has 0 saturated heterocycles. The Balaban J connectivity index is 2.32. The summed E-state index contributed by atoms with van der Waals surface area (Å²) in [5, 5.41) is 27.0. The quantitative estimate of drug-likeness (QED) is 0.485. The van der Waals surface area contributed by atoms with Crippen LogP contribution >= 0.6 is 0 Å². The molecule has 132 valence electrons. The standard InChI is InChI=1S/C11H11F4N5O4/c1-5(18-4-6(3-16-18)20(23)24)9(21)19-11(22,10(14)15)2-7(17-19)8(12)13/h3-5,8,10,22H,2H2,1H3/t5-,11+/m0/s1. The first-order valence-electron chi connectivity index (χ1n) is 6.46. The minimum Gasteiger partial charge on any atom is -0.364 e. The molecule has 1 aromatic heterocycles. The van der Waals surface area contributed by atoms with Gasteiger partial charge in [-0.05, 0) is 6.92 Å². The predicted octanol–water partition coefficient (Wildman–Crippen LogP) is 1.16. The molecule has 0 aromatic carbocycles. The van der Waals surface area contributed by atoms with Crippen molar-refractivity contribution in [3.8, 4) is 0 Å². The molecule has 1 aliphatic heterocycles. The van der Waals surface area contributed by atoms with Gasteiger partial charge < -0.3 is 5.11 Å². The van der Waals surface area contributed by atoms with Gasteiger partial charge in [-0.15, -0.1) is 0 Å². The van der Waals surface area contributed by atoms with Gasteiger partial charge in [0, 0.05) is 6.42 Å². The second-order valence-electron chi connectivity index (χ2n) is 5.01. The van der Waals surface area contributed by atoms with Crippen molar-refractivity contribution in [1.82, 2.24) is 14.8 Å². The third-order valence-corrected chi connectivity index (χ3v) is 3.40. The molecule has 13 heteroatoms. The Bertz CT molecular complexity index is 694. The molecular formula is C11H11F4N5O4. The highest BCUT2D eigenvalue weighted by atomic mass is 19.3. The summed E-state index contributed by atoms with van der Waals surface area (Å²) in [6.07, 6.45) is -6.31. The Morgan fingerprint density at radius 3 is 2.54 bits per heavy atom. The second kappa shape index (κ2) is 6.14. The minimum atomic E-state index is -3.55. The fourth-order valence-corrected chi connectivity index (χ4v) is 2.05. The van der Waals surface area contributed by atoms with E-state index in [-0.39, 0.29) is 5.01 Å². The molecule has 1 aliphatic rings. The number of hydrogen-bond donors (Lipinski definition) is 1. The predicted molar refractivity (Wildman–Crippen MR) is 69.4 cm³/mol. The monoisotopic (exact) mass is 353 g/mol. The van der Waals surface area contributed by atoms with Crippen molar-refractivity contribution < 1.29 is 32.4 Å². The van der Waals surface area contributed by atoms with Crippen LogP contribution in [0.2, 0.25) is 0 Å². The molecule has 0 radical (unpaired) electrons. The van der Waals surface area contributed by atoms with Crippen molar-refractivity contribution in [2.75, 3.05) is 0 Å². The Hall–Kier alpha value is -2.57. The molecule has 0 spiro atoms. The summed E-state index contributed by atoms with van der Waals surface area (Å²) >= 11 is 0. The van der Waals surface area contributed by atoms with Crippen molar-refractivity contribution in [3.05, 3.63) is 22.5 Å². The zero-order valence-electron chi connectivity index (χ0n) is 12.0. The fraction of sp³-hybridized carbons (Fsp3) is 0.545. The maximum atomic E-state index is 13.1. The van der Waals surface area contributed by atoms with Gasteiger partial charge in [0.15, 0.2) is 0 Å². The molecule has 1 aromatic rings. The lowest BCUT2D eigenvalue weighted by molar-refractivity contribution is -0.385. The maximum Gasteiger partial charge on any atom is 0.307 e. The Morgan fingerprint density at radius 1 is 1.46 bits per heavy atom. The first-order chi connectivity index (χ1) is 11.1. The van der Waals surface area contributed by atoms with Gasteiger partial charge in [-0.3, -0.25) is 19.6 Å². The number of aliphatic hydroxyl groups is 1. The summed E-state index contributed by atoms with van der Waals surface area (Å²) in [6, 6.07) is -1.40. The average molecular weight is 353 g/mol. The Kier molecular flexibility index (Phi) is 4.55. The van der Waals surface area contributed by atoms with Crippen molar-refractivity contribution in [3.63, 3.8) is 0 Å². The third-order valence-electron chi connectivity index (χ3n) is 3.40. The highest BCUT2D eigenvalue weighted by Crippen LogP contribution is 2.34. The zero-order chi connectivity index (χ0) is 18.2. The molecule has 2 heterocycles.